The first-order valence-corrected chi connectivity index (χ1v) is 6.92. The van der Waals surface area contributed by atoms with Crippen LogP contribution in [0.25, 0.3) is 0 Å². The van der Waals surface area contributed by atoms with Crippen molar-refractivity contribution in [1.29, 1.82) is 0 Å². The van der Waals surface area contributed by atoms with Gasteiger partial charge < -0.3 is 15.1 Å². The van der Waals surface area contributed by atoms with E-state index in [4.69, 9.17) is 4.42 Å². The summed E-state index contributed by atoms with van der Waals surface area (Å²) < 4.78 is 5.43. The molecule has 2 N–H and O–H groups in total. The molecule has 2 rings (SSSR count). The summed E-state index contributed by atoms with van der Waals surface area (Å²) in [5.41, 5.74) is 1.64. The summed E-state index contributed by atoms with van der Waals surface area (Å²) in [6, 6.07) is 11.5. The number of hydrogen-bond acceptors (Lipinski definition) is 3. The standard InChI is InChI=1S/C16H20N2O2/c1-3-14(15-6-5-11-20-15)18-13-9-7-12(8-10-13)16(19)17-4-2/h5-11,14,18H,3-4H2,1-2H3,(H,17,19). The Balaban J connectivity index is 2.04. The first-order chi connectivity index (χ1) is 9.74. The Kier molecular flexibility index (Phi) is 4.82. The zero-order chi connectivity index (χ0) is 14.4. The summed E-state index contributed by atoms with van der Waals surface area (Å²) in [7, 11) is 0. The number of rotatable bonds is 6. The lowest BCUT2D eigenvalue weighted by Crippen LogP contribution is -2.22. The van der Waals surface area contributed by atoms with Gasteiger partial charge in [0.1, 0.15) is 5.76 Å². The van der Waals surface area contributed by atoms with Crippen molar-refractivity contribution in [2.24, 2.45) is 0 Å². The predicted molar refractivity (Wildman–Crippen MR) is 79.8 cm³/mol. The van der Waals surface area contributed by atoms with Crippen LogP contribution < -0.4 is 10.6 Å². The molecule has 0 saturated carbocycles. The maximum absolute atomic E-state index is 11.7. The van der Waals surface area contributed by atoms with Crippen LogP contribution in [-0.4, -0.2) is 12.5 Å². The van der Waals surface area contributed by atoms with Gasteiger partial charge >= 0.3 is 0 Å². The van der Waals surface area contributed by atoms with E-state index < -0.39 is 0 Å². The summed E-state index contributed by atoms with van der Waals surface area (Å²) in [4.78, 5) is 11.7. The Bertz CT molecular complexity index is 532. The van der Waals surface area contributed by atoms with Crippen molar-refractivity contribution in [3.05, 3.63) is 54.0 Å². The number of nitrogens with one attached hydrogen (secondary N) is 2. The minimum Gasteiger partial charge on any atom is -0.467 e. The van der Waals surface area contributed by atoms with E-state index in [1.54, 1.807) is 6.26 Å². The van der Waals surface area contributed by atoms with Crippen LogP contribution >= 0.6 is 0 Å². The smallest absolute Gasteiger partial charge is 0.251 e. The third-order valence-corrected chi connectivity index (χ3v) is 3.12. The molecule has 2 aromatic rings. The second kappa shape index (κ2) is 6.80. The van der Waals surface area contributed by atoms with Gasteiger partial charge in [-0.25, -0.2) is 0 Å². The average molecular weight is 272 g/mol. The molecule has 0 fully saturated rings. The van der Waals surface area contributed by atoms with E-state index in [1.807, 2.05) is 43.3 Å². The van der Waals surface area contributed by atoms with Crippen molar-refractivity contribution in [2.45, 2.75) is 26.3 Å². The van der Waals surface area contributed by atoms with E-state index in [0.29, 0.717) is 12.1 Å². The van der Waals surface area contributed by atoms with Crippen molar-refractivity contribution in [3.8, 4) is 0 Å². The van der Waals surface area contributed by atoms with Crippen LogP contribution in [0, 0.1) is 0 Å². The fourth-order valence-corrected chi connectivity index (χ4v) is 2.05. The summed E-state index contributed by atoms with van der Waals surface area (Å²) in [6.07, 6.45) is 2.60. The lowest BCUT2D eigenvalue weighted by Gasteiger charge is -2.16. The van der Waals surface area contributed by atoms with E-state index in [1.165, 1.54) is 0 Å². The first kappa shape index (κ1) is 14.2. The second-order valence-corrected chi connectivity index (χ2v) is 4.56. The molecular weight excluding hydrogens is 252 g/mol. The molecule has 4 nitrogen and oxygen atoms in total. The van der Waals surface area contributed by atoms with Gasteiger partial charge in [-0.15, -0.1) is 0 Å². The van der Waals surface area contributed by atoms with Gasteiger partial charge in [0.15, 0.2) is 0 Å². The van der Waals surface area contributed by atoms with Crippen molar-refractivity contribution in [3.63, 3.8) is 0 Å². The number of carbonyl (C=O) groups is 1. The molecule has 1 aromatic carbocycles. The average Bonchev–Trinajstić information content (AvgIpc) is 2.99. The molecule has 4 heteroatoms. The van der Waals surface area contributed by atoms with Crippen molar-refractivity contribution in [1.82, 2.24) is 5.32 Å². The van der Waals surface area contributed by atoms with Gasteiger partial charge in [-0.3, -0.25) is 4.79 Å². The van der Waals surface area contributed by atoms with E-state index in [0.717, 1.165) is 17.9 Å². The van der Waals surface area contributed by atoms with Crippen LogP contribution in [0.4, 0.5) is 5.69 Å². The predicted octanol–water partition coefficient (Wildman–Crippen LogP) is 3.59. The first-order valence-electron chi connectivity index (χ1n) is 6.92. The van der Waals surface area contributed by atoms with Crippen LogP contribution in [0.1, 0.15) is 42.4 Å². The summed E-state index contributed by atoms with van der Waals surface area (Å²) >= 11 is 0. The molecule has 0 aliphatic carbocycles. The van der Waals surface area contributed by atoms with Crippen molar-refractivity contribution >= 4 is 11.6 Å². The number of hydrogen-bond donors (Lipinski definition) is 2. The van der Waals surface area contributed by atoms with Gasteiger partial charge in [0.25, 0.3) is 5.91 Å². The van der Waals surface area contributed by atoms with E-state index in [9.17, 15) is 4.79 Å². The quantitative estimate of drug-likeness (QED) is 0.845. The summed E-state index contributed by atoms with van der Waals surface area (Å²) in [5.74, 6) is 0.873. The maximum atomic E-state index is 11.7. The van der Waals surface area contributed by atoms with Crippen LogP contribution in [0.2, 0.25) is 0 Å². The Hall–Kier alpha value is -2.23. The van der Waals surface area contributed by atoms with Crippen LogP contribution in [-0.2, 0) is 0 Å². The molecule has 0 bridgehead atoms. The molecule has 0 aliphatic heterocycles. The number of benzene rings is 1. The van der Waals surface area contributed by atoms with Gasteiger partial charge in [0.05, 0.1) is 12.3 Å². The Morgan fingerprint density at radius 2 is 1.95 bits per heavy atom. The summed E-state index contributed by atoms with van der Waals surface area (Å²) in [6.45, 7) is 4.64. The third kappa shape index (κ3) is 3.41. The van der Waals surface area contributed by atoms with Crippen LogP contribution in [0.3, 0.4) is 0 Å². The van der Waals surface area contributed by atoms with Gasteiger partial charge in [-0.05, 0) is 49.7 Å². The van der Waals surface area contributed by atoms with Crippen molar-refractivity contribution in [2.75, 3.05) is 11.9 Å². The lowest BCUT2D eigenvalue weighted by atomic mass is 10.1. The van der Waals surface area contributed by atoms with Crippen molar-refractivity contribution < 1.29 is 9.21 Å². The van der Waals surface area contributed by atoms with E-state index in [2.05, 4.69) is 17.6 Å². The monoisotopic (exact) mass is 272 g/mol. The lowest BCUT2D eigenvalue weighted by molar-refractivity contribution is 0.0956. The molecule has 0 spiro atoms. The Morgan fingerprint density at radius 1 is 1.20 bits per heavy atom. The second-order valence-electron chi connectivity index (χ2n) is 4.56. The highest BCUT2D eigenvalue weighted by Gasteiger charge is 2.12. The molecule has 20 heavy (non-hydrogen) atoms. The Morgan fingerprint density at radius 3 is 2.50 bits per heavy atom. The Labute approximate surface area is 119 Å². The molecule has 1 atom stereocenters. The zero-order valence-electron chi connectivity index (χ0n) is 11.8. The molecular formula is C16H20N2O2. The normalized spacial score (nSPS) is 11.9. The summed E-state index contributed by atoms with van der Waals surface area (Å²) in [5, 5.41) is 6.19. The van der Waals surface area contributed by atoms with Gasteiger partial charge in [0.2, 0.25) is 0 Å². The number of furan rings is 1. The molecule has 106 valence electrons. The third-order valence-electron chi connectivity index (χ3n) is 3.12. The molecule has 1 amide bonds. The fourth-order valence-electron chi connectivity index (χ4n) is 2.05. The largest absolute Gasteiger partial charge is 0.467 e. The molecule has 1 aromatic heterocycles. The highest BCUT2D eigenvalue weighted by atomic mass is 16.3. The fraction of sp³-hybridized carbons (Fsp3) is 0.312. The molecule has 1 unspecified atom stereocenters. The number of carbonyl (C=O) groups excluding carboxylic acids is 1. The van der Waals surface area contributed by atoms with E-state index >= 15 is 0 Å². The maximum Gasteiger partial charge on any atom is 0.251 e. The highest BCUT2D eigenvalue weighted by Crippen LogP contribution is 2.23. The van der Waals surface area contributed by atoms with Gasteiger partial charge in [-0.1, -0.05) is 6.92 Å². The molecule has 0 saturated heterocycles. The van der Waals surface area contributed by atoms with Crippen LogP contribution in [0.5, 0.6) is 0 Å². The highest BCUT2D eigenvalue weighted by molar-refractivity contribution is 5.94. The number of amides is 1. The minimum absolute atomic E-state index is 0.0443. The molecule has 0 aliphatic rings. The zero-order valence-corrected chi connectivity index (χ0v) is 11.8. The topological polar surface area (TPSA) is 54.3 Å². The molecule has 1 heterocycles. The SMILES string of the molecule is CCNC(=O)c1ccc(NC(CC)c2ccco2)cc1. The number of anilines is 1. The molecule has 0 radical (unpaired) electrons. The minimum atomic E-state index is -0.0443. The van der Waals surface area contributed by atoms with E-state index in [-0.39, 0.29) is 11.9 Å². The van der Waals surface area contributed by atoms with Crippen LogP contribution in [0.15, 0.2) is 47.1 Å². The van der Waals surface area contributed by atoms with Gasteiger partial charge in [0, 0.05) is 17.8 Å². The van der Waals surface area contributed by atoms with Gasteiger partial charge in [-0.2, -0.15) is 0 Å².